The minimum atomic E-state index is -3.97. The van der Waals surface area contributed by atoms with Crippen LogP contribution >= 0.6 is 11.6 Å². The second kappa shape index (κ2) is 15.7. The van der Waals surface area contributed by atoms with Crippen molar-refractivity contribution in [3.63, 3.8) is 0 Å². The number of rotatable bonds is 6. The number of sulfonamides is 1. The van der Waals surface area contributed by atoms with E-state index in [2.05, 4.69) is 55.7 Å². The van der Waals surface area contributed by atoms with Crippen LogP contribution in [0.4, 0.5) is 5.69 Å². The fourth-order valence-electron chi connectivity index (χ4n) is 8.80. The van der Waals surface area contributed by atoms with Crippen LogP contribution in [0.25, 0.3) is 0 Å². The van der Waals surface area contributed by atoms with Crippen LogP contribution in [0.2, 0.25) is 5.02 Å². The monoisotopic (exact) mass is 761 g/mol. The van der Waals surface area contributed by atoms with Gasteiger partial charge in [0.2, 0.25) is 10.0 Å². The Hall–Kier alpha value is -3.51. The van der Waals surface area contributed by atoms with Gasteiger partial charge >= 0.3 is 0 Å². The number of amides is 1. The van der Waals surface area contributed by atoms with Gasteiger partial charge in [-0.15, -0.1) is 0 Å². The molecule has 12 heteroatoms. The van der Waals surface area contributed by atoms with Gasteiger partial charge in [0.25, 0.3) is 5.91 Å². The molecule has 3 aliphatic heterocycles. The summed E-state index contributed by atoms with van der Waals surface area (Å²) in [7, 11) is -2.15. The van der Waals surface area contributed by atoms with Crippen molar-refractivity contribution >= 4 is 33.2 Å². The molecule has 0 saturated heterocycles. The first-order valence-electron chi connectivity index (χ1n) is 19.1. The van der Waals surface area contributed by atoms with Gasteiger partial charge in [-0.1, -0.05) is 50.1 Å². The molecule has 2 bridgehead atoms. The van der Waals surface area contributed by atoms with Crippen molar-refractivity contribution in [2.45, 2.75) is 82.6 Å². The van der Waals surface area contributed by atoms with E-state index >= 15 is 0 Å². The molecular formula is C41H52ClN5O5S. The highest BCUT2D eigenvalue weighted by molar-refractivity contribution is 7.90. The van der Waals surface area contributed by atoms with Gasteiger partial charge in [0.1, 0.15) is 17.7 Å². The number of benzene rings is 2. The van der Waals surface area contributed by atoms with Gasteiger partial charge in [0.05, 0.1) is 23.2 Å². The number of nitrogens with zero attached hydrogens (tertiary/aromatic N) is 4. The van der Waals surface area contributed by atoms with Crippen molar-refractivity contribution in [1.82, 2.24) is 19.6 Å². The van der Waals surface area contributed by atoms with E-state index < -0.39 is 26.8 Å². The number of halogens is 1. The number of carbonyl (C=O) groups excluding carboxylic acids is 1. The first-order valence-corrected chi connectivity index (χ1v) is 21.0. The SMILES string of the molecule is CCCc1cc(Cl)ccc1C1COc2ccc3cc2N(C1)CC1CCC1[C@@](CN1CCc2cncnc2C1)(OC)/C=C/CC(C)C(C)S(=O)(=O)NC3=O. The van der Waals surface area contributed by atoms with Gasteiger partial charge < -0.3 is 14.4 Å². The Kier molecular flexibility index (Phi) is 11.2. The lowest BCUT2D eigenvalue weighted by Gasteiger charge is -2.51. The number of hydrogen-bond donors (Lipinski definition) is 1. The summed E-state index contributed by atoms with van der Waals surface area (Å²) in [4.78, 5) is 27.3. The number of methoxy groups -OCH3 is 1. The summed E-state index contributed by atoms with van der Waals surface area (Å²) in [6.07, 6.45) is 13.2. The first kappa shape index (κ1) is 37.8. The molecule has 10 nitrogen and oxygen atoms in total. The molecule has 0 spiro atoms. The number of aromatic nitrogens is 2. The number of anilines is 1. The standard InChI is InChI=1S/C41H52ClN5O5S/c1-5-7-29-18-34(42)11-12-35(29)33-22-47-21-32-9-13-36(32)41(51-4,25-46-17-15-31-20-43-26-44-37(31)23-46)16-6-8-27(2)28(3)53(49,50)45-40(48)30-10-14-39(52-24-33)38(47)19-30/h6,10-12,14,16,18-20,26-28,32-33,36H,5,7-9,13,15,17,21-25H2,1-4H3,(H,45,48)/b16-6+/t27?,28?,32?,33?,36?,41-/m1/s1. The van der Waals surface area contributed by atoms with E-state index in [1.807, 2.05) is 38.4 Å². The smallest absolute Gasteiger partial charge is 0.264 e. The third-order valence-corrected chi connectivity index (χ3v) is 14.4. The number of aryl methyl sites for hydroxylation is 1. The second-order valence-corrected chi connectivity index (χ2v) is 18.0. The maximum absolute atomic E-state index is 13.6. The molecule has 5 unspecified atom stereocenters. The van der Waals surface area contributed by atoms with Crippen LogP contribution in [0.1, 0.15) is 85.1 Å². The molecule has 2 aromatic carbocycles. The van der Waals surface area contributed by atoms with Crippen molar-refractivity contribution in [3.05, 3.63) is 94.0 Å². The predicted molar refractivity (Wildman–Crippen MR) is 208 cm³/mol. The lowest BCUT2D eigenvalue weighted by Crippen LogP contribution is -2.56. The molecule has 6 atom stereocenters. The van der Waals surface area contributed by atoms with Gasteiger partial charge in [0, 0.05) is 62.5 Å². The van der Waals surface area contributed by atoms with Crippen molar-refractivity contribution < 1.29 is 22.7 Å². The van der Waals surface area contributed by atoms with Crippen LogP contribution in [0.5, 0.6) is 5.75 Å². The maximum Gasteiger partial charge on any atom is 0.264 e. The van der Waals surface area contributed by atoms with Crippen molar-refractivity contribution in [2.75, 3.05) is 44.8 Å². The minimum Gasteiger partial charge on any atom is -0.491 e. The van der Waals surface area contributed by atoms with E-state index in [0.717, 1.165) is 68.1 Å². The number of hydrogen-bond acceptors (Lipinski definition) is 9. The summed E-state index contributed by atoms with van der Waals surface area (Å²) >= 11 is 6.49. The zero-order chi connectivity index (χ0) is 37.3. The Morgan fingerprint density at radius 3 is 2.75 bits per heavy atom. The zero-order valence-corrected chi connectivity index (χ0v) is 32.8. The molecule has 1 saturated carbocycles. The first-order chi connectivity index (χ1) is 25.5. The molecule has 1 amide bonds. The number of ether oxygens (including phenoxy) is 2. The second-order valence-electron chi connectivity index (χ2n) is 15.5. The molecule has 1 aliphatic carbocycles. The molecule has 1 fully saturated rings. The third kappa shape index (κ3) is 7.86. The number of allylic oxidation sites excluding steroid dienone is 1. The molecule has 1 aromatic heterocycles. The topological polar surface area (TPSA) is 114 Å². The summed E-state index contributed by atoms with van der Waals surface area (Å²) in [6, 6.07) is 11.4. The third-order valence-electron chi connectivity index (χ3n) is 12.2. The van der Waals surface area contributed by atoms with E-state index in [-0.39, 0.29) is 23.3 Å². The quantitative estimate of drug-likeness (QED) is 0.279. The molecule has 53 heavy (non-hydrogen) atoms. The summed E-state index contributed by atoms with van der Waals surface area (Å²) in [5.74, 6) is 0.368. The lowest BCUT2D eigenvalue weighted by atomic mass is 9.63. The average molecular weight is 762 g/mol. The highest BCUT2D eigenvalue weighted by atomic mass is 35.5. The Morgan fingerprint density at radius 2 is 1.98 bits per heavy atom. The highest BCUT2D eigenvalue weighted by Crippen LogP contribution is 2.47. The van der Waals surface area contributed by atoms with Crippen molar-refractivity contribution in [3.8, 4) is 5.75 Å². The van der Waals surface area contributed by atoms with Crippen LogP contribution < -0.4 is 14.4 Å². The van der Waals surface area contributed by atoms with Gasteiger partial charge in [-0.05, 0) is 104 Å². The Balaban J connectivity index is 1.28. The maximum atomic E-state index is 13.6. The number of carbonyl (C=O) groups is 1. The van der Waals surface area contributed by atoms with E-state index in [4.69, 9.17) is 21.1 Å². The normalized spacial score (nSPS) is 29.4. The van der Waals surface area contributed by atoms with Crippen LogP contribution in [0.15, 0.2) is 61.1 Å². The fraction of sp³-hybridized carbons (Fsp3) is 0.537. The van der Waals surface area contributed by atoms with E-state index in [0.29, 0.717) is 37.8 Å². The average Bonchev–Trinajstić information content (AvgIpc) is 3.31. The van der Waals surface area contributed by atoms with E-state index in [1.54, 1.807) is 19.3 Å². The minimum absolute atomic E-state index is 0.0489. The highest BCUT2D eigenvalue weighted by Gasteiger charge is 2.48. The molecule has 4 aliphatic rings. The number of fused-ring (bicyclic) bond motifs is 3. The zero-order valence-electron chi connectivity index (χ0n) is 31.3. The molecule has 4 heterocycles. The van der Waals surface area contributed by atoms with Crippen LogP contribution in [-0.4, -0.2) is 79.9 Å². The van der Waals surface area contributed by atoms with Crippen molar-refractivity contribution in [1.29, 1.82) is 0 Å². The van der Waals surface area contributed by atoms with E-state index in [9.17, 15) is 13.2 Å². The molecule has 1 N–H and O–H groups in total. The molecule has 284 valence electrons. The van der Waals surface area contributed by atoms with E-state index in [1.165, 1.54) is 16.7 Å². The Morgan fingerprint density at radius 1 is 1.13 bits per heavy atom. The Bertz CT molecular complexity index is 1960. The van der Waals surface area contributed by atoms with Crippen LogP contribution in [0.3, 0.4) is 0 Å². The molecular weight excluding hydrogens is 710 g/mol. The number of nitrogens with one attached hydrogen (secondary N) is 1. The molecule has 0 radical (unpaired) electrons. The molecule has 3 aromatic rings. The summed E-state index contributed by atoms with van der Waals surface area (Å²) in [5, 5.41) is -0.0749. The van der Waals surface area contributed by atoms with Gasteiger partial charge in [-0.2, -0.15) is 0 Å². The van der Waals surface area contributed by atoms with Crippen LogP contribution in [0, 0.1) is 17.8 Å². The lowest BCUT2D eigenvalue weighted by molar-refractivity contribution is -0.0932. The molecule has 7 rings (SSSR count). The van der Waals surface area contributed by atoms with Gasteiger partial charge in [0.15, 0.2) is 0 Å². The van der Waals surface area contributed by atoms with Gasteiger partial charge in [-0.3, -0.25) is 9.69 Å². The summed E-state index contributed by atoms with van der Waals surface area (Å²) < 4.78 is 42.7. The van der Waals surface area contributed by atoms with Crippen LogP contribution in [-0.2, 0) is 34.1 Å². The summed E-state index contributed by atoms with van der Waals surface area (Å²) in [6.45, 7) is 9.94. The van der Waals surface area contributed by atoms with Crippen molar-refractivity contribution in [2.24, 2.45) is 17.8 Å². The van der Waals surface area contributed by atoms with Gasteiger partial charge in [-0.25, -0.2) is 23.1 Å². The summed E-state index contributed by atoms with van der Waals surface area (Å²) in [5.41, 5.74) is 5.18. The largest absolute Gasteiger partial charge is 0.491 e. The fourth-order valence-corrected chi connectivity index (χ4v) is 10.3. The predicted octanol–water partition coefficient (Wildman–Crippen LogP) is 6.58. The Labute approximate surface area is 319 Å².